The lowest BCUT2D eigenvalue weighted by Crippen LogP contribution is -2.47. The number of nitrogens with one attached hydrogen (secondary N) is 2. The van der Waals surface area contributed by atoms with E-state index in [4.69, 9.17) is 0 Å². The van der Waals surface area contributed by atoms with Crippen LogP contribution < -0.4 is 10.6 Å². The molecule has 0 aromatic heterocycles. The van der Waals surface area contributed by atoms with Crippen LogP contribution >= 0.6 is 0 Å². The van der Waals surface area contributed by atoms with Crippen LogP contribution in [0.1, 0.15) is 149 Å². The Labute approximate surface area is 213 Å². The molecule has 4 nitrogen and oxygen atoms in total. The van der Waals surface area contributed by atoms with E-state index in [1.807, 2.05) is 14.1 Å². The van der Waals surface area contributed by atoms with Crippen LogP contribution in [0.5, 0.6) is 0 Å². The van der Waals surface area contributed by atoms with Crippen molar-refractivity contribution in [1.29, 1.82) is 0 Å². The largest absolute Gasteiger partial charge is 0.392 e. The van der Waals surface area contributed by atoms with Crippen LogP contribution in [-0.2, 0) is 0 Å². The maximum absolute atomic E-state index is 11.0. The summed E-state index contributed by atoms with van der Waals surface area (Å²) in [6, 6.07) is 0.309. The van der Waals surface area contributed by atoms with Crippen LogP contribution in [0.15, 0.2) is 0 Å². The summed E-state index contributed by atoms with van der Waals surface area (Å²) in [5, 5.41) is 29.0. The molecule has 1 saturated carbocycles. The van der Waals surface area contributed by atoms with Crippen LogP contribution in [0, 0.1) is 5.41 Å². The first-order valence-corrected chi connectivity index (χ1v) is 15.2. The molecule has 1 rings (SSSR count). The van der Waals surface area contributed by atoms with Gasteiger partial charge in [-0.1, -0.05) is 110 Å². The van der Waals surface area contributed by atoms with Gasteiger partial charge < -0.3 is 20.8 Å². The van der Waals surface area contributed by atoms with Gasteiger partial charge in [0.2, 0.25) is 0 Å². The molecule has 4 atom stereocenters. The highest BCUT2D eigenvalue weighted by molar-refractivity contribution is 4.93. The van der Waals surface area contributed by atoms with Gasteiger partial charge in [0.05, 0.1) is 12.2 Å². The summed E-state index contributed by atoms with van der Waals surface area (Å²) in [4.78, 5) is 0. The van der Waals surface area contributed by atoms with Crippen molar-refractivity contribution in [2.75, 3.05) is 14.1 Å². The Morgan fingerprint density at radius 1 is 0.588 bits per heavy atom. The second-order valence-electron chi connectivity index (χ2n) is 11.5. The third-order valence-corrected chi connectivity index (χ3v) is 8.60. The number of hydrogen-bond acceptors (Lipinski definition) is 4. The highest BCUT2D eigenvalue weighted by Crippen LogP contribution is 2.45. The van der Waals surface area contributed by atoms with E-state index in [1.54, 1.807) is 0 Å². The lowest BCUT2D eigenvalue weighted by atomic mass is 9.65. The van der Waals surface area contributed by atoms with E-state index in [0.717, 1.165) is 38.5 Å². The van der Waals surface area contributed by atoms with Crippen LogP contribution in [0.25, 0.3) is 0 Å². The summed E-state index contributed by atoms with van der Waals surface area (Å²) >= 11 is 0. The molecule has 34 heavy (non-hydrogen) atoms. The van der Waals surface area contributed by atoms with Gasteiger partial charge in [-0.2, -0.15) is 0 Å². The maximum Gasteiger partial charge on any atom is 0.0693 e. The Morgan fingerprint density at radius 3 is 1.35 bits per heavy atom. The van der Waals surface area contributed by atoms with E-state index >= 15 is 0 Å². The van der Waals surface area contributed by atoms with Crippen molar-refractivity contribution in [2.45, 2.75) is 173 Å². The molecule has 0 aromatic carbocycles. The molecule has 0 radical (unpaired) electrons. The number of unbranched alkanes of at least 4 members (excludes halogenated alkanes) is 10. The van der Waals surface area contributed by atoms with Gasteiger partial charge in [-0.15, -0.1) is 0 Å². The van der Waals surface area contributed by atoms with Crippen LogP contribution in [-0.4, -0.2) is 48.6 Å². The lowest BCUT2D eigenvalue weighted by Gasteiger charge is -2.44. The molecule has 1 aliphatic carbocycles. The van der Waals surface area contributed by atoms with Crippen molar-refractivity contribution in [2.24, 2.45) is 5.41 Å². The SMILES string of the molecule is CCCCCCCCC(O)C(CC1(CC(NC)C(O)CCCCCCCC)CCCCC1)NC. The van der Waals surface area contributed by atoms with Gasteiger partial charge in [0.25, 0.3) is 0 Å². The summed E-state index contributed by atoms with van der Waals surface area (Å²) in [7, 11) is 4.04. The zero-order chi connectivity index (χ0) is 25.1. The molecule has 4 unspecified atom stereocenters. The molecule has 4 heteroatoms. The molecule has 1 aliphatic rings. The molecule has 204 valence electrons. The Kier molecular flexibility index (Phi) is 18.7. The van der Waals surface area contributed by atoms with Crippen molar-refractivity contribution < 1.29 is 10.2 Å². The Bertz CT molecular complexity index is 419. The van der Waals surface area contributed by atoms with Crippen molar-refractivity contribution in [3.8, 4) is 0 Å². The van der Waals surface area contributed by atoms with Gasteiger partial charge in [0.1, 0.15) is 0 Å². The maximum atomic E-state index is 11.0. The van der Waals surface area contributed by atoms with Gasteiger partial charge in [-0.3, -0.25) is 0 Å². The fourth-order valence-electron chi connectivity index (χ4n) is 6.26. The van der Waals surface area contributed by atoms with Crippen molar-refractivity contribution >= 4 is 0 Å². The van der Waals surface area contributed by atoms with E-state index in [1.165, 1.54) is 96.3 Å². The lowest BCUT2D eigenvalue weighted by molar-refractivity contribution is 0.0360. The number of likely N-dealkylation sites (N-methyl/N-ethyl adjacent to an activating group) is 2. The van der Waals surface area contributed by atoms with E-state index in [2.05, 4.69) is 24.5 Å². The summed E-state index contributed by atoms with van der Waals surface area (Å²) < 4.78 is 0. The standard InChI is InChI=1S/C30H62N2O2/c1-5-7-9-11-13-16-20-28(33)26(31-3)24-30(22-18-15-19-23-30)25-27(32-4)29(34)21-17-14-12-10-8-6-2/h26-29,31-34H,5-25H2,1-4H3. The predicted octanol–water partition coefficient (Wildman–Crippen LogP) is 7.12. The van der Waals surface area contributed by atoms with Gasteiger partial charge in [0.15, 0.2) is 0 Å². The van der Waals surface area contributed by atoms with Crippen molar-refractivity contribution in [1.82, 2.24) is 10.6 Å². The molecule has 1 fully saturated rings. The Morgan fingerprint density at radius 2 is 0.971 bits per heavy atom. The van der Waals surface area contributed by atoms with Crippen LogP contribution in [0.4, 0.5) is 0 Å². The van der Waals surface area contributed by atoms with Crippen LogP contribution in [0.3, 0.4) is 0 Å². The van der Waals surface area contributed by atoms with Gasteiger partial charge in [-0.25, -0.2) is 0 Å². The number of aliphatic hydroxyl groups excluding tert-OH is 2. The first kappa shape index (κ1) is 31.9. The van der Waals surface area contributed by atoms with E-state index < -0.39 is 0 Å². The number of hydrogen-bond donors (Lipinski definition) is 4. The average molecular weight is 483 g/mol. The zero-order valence-electron chi connectivity index (χ0n) is 23.6. The van der Waals surface area contributed by atoms with Gasteiger partial charge in [-0.05, 0) is 58.0 Å². The molecule has 0 heterocycles. The average Bonchev–Trinajstić information content (AvgIpc) is 2.85. The predicted molar refractivity (Wildman–Crippen MR) is 148 cm³/mol. The highest BCUT2D eigenvalue weighted by atomic mass is 16.3. The van der Waals surface area contributed by atoms with Gasteiger partial charge >= 0.3 is 0 Å². The van der Waals surface area contributed by atoms with E-state index in [9.17, 15) is 10.2 Å². The first-order chi connectivity index (χ1) is 16.5. The third kappa shape index (κ3) is 13.2. The quantitative estimate of drug-likeness (QED) is 0.124. The topological polar surface area (TPSA) is 64.5 Å². The molecule has 0 saturated heterocycles. The summed E-state index contributed by atoms with van der Waals surface area (Å²) in [5.74, 6) is 0. The number of rotatable bonds is 22. The Balaban J connectivity index is 2.60. The molecule has 0 aromatic rings. The van der Waals surface area contributed by atoms with Crippen molar-refractivity contribution in [3.63, 3.8) is 0 Å². The Hall–Kier alpha value is -0.160. The van der Waals surface area contributed by atoms with E-state index in [-0.39, 0.29) is 29.7 Å². The van der Waals surface area contributed by atoms with Gasteiger partial charge in [0, 0.05) is 12.1 Å². The molecule has 0 amide bonds. The fourth-order valence-corrected chi connectivity index (χ4v) is 6.26. The highest BCUT2D eigenvalue weighted by Gasteiger charge is 2.39. The molecule has 0 bridgehead atoms. The number of aliphatic hydroxyl groups is 2. The summed E-state index contributed by atoms with van der Waals surface area (Å²) in [6.45, 7) is 4.52. The summed E-state index contributed by atoms with van der Waals surface area (Å²) in [5.41, 5.74) is 0.226. The second kappa shape index (κ2) is 20.0. The second-order valence-corrected chi connectivity index (χ2v) is 11.5. The minimum Gasteiger partial charge on any atom is -0.392 e. The fraction of sp³-hybridized carbons (Fsp3) is 1.00. The molecule has 4 N–H and O–H groups in total. The summed E-state index contributed by atoms with van der Waals surface area (Å²) in [6.07, 6.45) is 25.0. The molecular weight excluding hydrogens is 420 g/mol. The third-order valence-electron chi connectivity index (χ3n) is 8.60. The minimum atomic E-state index is -0.268. The monoisotopic (exact) mass is 482 g/mol. The minimum absolute atomic E-state index is 0.155. The molecule has 0 spiro atoms. The van der Waals surface area contributed by atoms with Crippen LogP contribution in [0.2, 0.25) is 0 Å². The molecule has 0 aliphatic heterocycles. The first-order valence-electron chi connectivity index (χ1n) is 15.2. The molecular formula is C30H62N2O2. The zero-order valence-corrected chi connectivity index (χ0v) is 23.6. The normalized spacial score (nSPS) is 19.6. The van der Waals surface area contributed by atoms with E-state index in [0.29, 0.717) is 0 Å². The van der Waals surface area contributed by atoms with Crippen molar-refractivity contribution in [3.05, 3.63) is 0 Å². The smallest absolute Gasteiger partial charge is 0.0693 e.